The van der Waals surface area contributed by atoms with Gasteiger partial charge < -0.3 is 10.6 Å². The van der Waals surface area contributed by atoms with Crippen LogP contribution in [-0.4, -0.2) is 28.4 Å². The summed E-state index contributed by atoms with van der Waals surface area (Å²) in [7, 11) is 0. The number of anilines is 1. The van der Waals surface area contributed by atoms with E-state index in [1.807, 2.05) is 24.8 Å². The Labute approximate surface area is 115 Å². The zero-order valence-corrected chi connectivity index (χ0v) is 11.9. The summed E-state index contributed by atoms with van der Waals surface area (Å²) >= 11 is 0. The molecular formula is C15H23N3O. The van der Waals surface area contributed by atoms with Gasteiger partial charge >= 0.3 is 0 Å². The number of pyridine rings is 1. The Morgan fingerprint density at radius 3 is 2.63 bits per heavy atom. The lowest BCUT2D eigenvalue weighted by Crippen LogP contribution is -2.38. The topological polar surface area (TPSA) is 59.2 Å². The Bertz CT molecular complexity index is 453. The maximum Gasteiger partial charge on any atom is 0.254 e. The Hall–Kier alpha value is -1.58. The second-order valence-corrected chi connectivity index (χ2v) is 5.16. The first-order valence-corrected chi connectivity index (χ1v) is 7.23. The van der Waals surface area contributed by atoms with Gasteiger partial charge in [0.2, 0.25) is 0 Å². The van der Waals surface area contributed by atoms with Crippen molar-refractivity contribution >= 4 is 11.7 Å². The van der Waals surface area contributed by atoms with Crippen LogP contribution in [0.5, 0.6) is 0 Å². The summed E-state index contributed by atoms with van der Waals surface area (Å²) in [4.78, 5) is 18.8. The highest BCUT2D eigenvalue weighted by atomic mass is 16.2. The fourth-order valence-electron chi connectivity index (χ4n) is 2.86. The van der Waals surface area contributed by atoms with E-state index in [1.165, 1.54) is 12.8 Å². The number of carbonyl (C=O) groups excluding carboxylic acids is 1. The van der Waals surface area contributed by atoms with Gasteiger partial charge in [0.25, 0.3) is 5.91 Å². The van der Waals surface area contributed by atoms with Crippen LogP contribution in [0.3, 0.4) is 0 Å². The number of aromatic nitrogens is 1. The standard InChI is InChI=1S/C15H23N3O/c1-3-12-9-11(10-14(16)17-12)15(19)18(4-2)13-7-5-6-8-13/h9-10,13H,3-8H2,1-2H3,(H2,16,17). The van der Waals surface area contributed by atoms with E-state index in [0.29, 0.717) is 17.4 Å². The molecule has 0 atom stereocenters. The molecule has 19 heavy (non-hydrogen) atoms. The number of nitrogen functional groups attached to an aromatic ring is 1. The molecule has 1 aromatic rings. The maximum absolute atomic E-state index is 12.6. The molecule has 1 fully saturated rings. The number of nitrogens with two attached hydrogens (primary N) is 1. The third kappa shape index (κ3) is 3.06. The summed E-state index contributed by atoms with van der Waals surface area (Å²) in [5, 5.41) is 0. The van der Waals surface area contributed by atoms with Gasteiger partial charge in [-0.1, -0.05) is 19.8 Å². The molecule has 1 amide bonds. The minimum Gasteiger partial charge on any atom is -0.384 e. The van der Waals surface area contributed by atoms with Crippen LogP contribution in [0, 0.1) is 0 Å². The smallest absolute Gasteiger partial charge is 0.254 e. The molecule has 4 nitrogen and oxygen atoms in total. The van der Waals surface area contributed by atoms with Crippen LogP contribution in [0.1, 0.15) is 55.6 Å². The highest BCUT2D eigenvalue weighted by molar-refractivity contribution is 5.95. The second kappa shape index (κ2) is 6.04. The predicted molar refractivity (Wildman–Crippen MR) is 77.0 cm³/mol. The van der Waals surface area contributed by atoms with Crippen LogP contribution in [0.25, 0.3) is 0 Å². The third-order valence-electron chi connectivity index (χ3n) is 3.87. The number of carbonyl (C=O) groups is 1. The maximum atomic E-state index is 12.6. The van der Waals surface area contributed by atoms with Gasteiger partial charge in [-0.15, -0.1) is 0 Å². The molecule has 0 unspecified atom stereocenters. The van der Waals surface area contributed by atoms with Gasteiger partial charge in [-0.2, -0.15) is 0 Å². The number of rotatable bonds is 4. The first kappa shape index (κ1) is 13.8. The molecule has 1 aliphatic rings. The molecule has 104 valence electrons. The molecule has 4 heteroatoms. The van der Waals surface area contributed by atoms with Gasteiger partial charge in [-0.05, 0) is 38.3 Å². The summed E-state index contributed by atoms with van der Waals surface area (Å²) in [6, 6.07) is 3.96. The van der Waals surface area contributed by atoms with E-state index in [-0.39, 0.29) is 5.91 Å². The number of nitrogens with zero attached hydrogens (tertiary/aromatic N) is 2. The van der Waals surface area contributed by atoms with Crippen LogP contribution in [0.2, 0.25) is 0 Å². The molecule has 0 bridgehead atoms. The number of amides is 1. The summed E-state index contributed by atoms with van der Waals surface area (Å²) < 4.78 is 0. The van der Waals surface area contributed by atoms with Crippen LogP contribution < -0.4 is 5.73 Å². The van der Waals surface area contributed by atoms with Crippen molar-refractivity contribution < 1.29 is 4.79 Å². The lowest BCUT2D eigenvalue weighted by molar-refractivity contribution is 0.0693. The van der Waals surface area contributed by atoms with Crippen LogP contribution in [0.4, 0.5) is 5.82 Å². The van der Waals surface area contributed by atoms with Gasteiger partial charge in [-0.3, -0.25) is 4.79 Å². The Balaban J connectivity index is 2.23. The number of hydrogen-bond donors (Lipinski definition) is 1. The van der Waals surface area contributed by atoms with E-state index in [1.54, 1.807) is 6.07 Å². The van der Waals surface area contributed by atoms with Crippen molar-refractivity contribution in [2.75, 3.05) is 12.3 Å². The summed E-state index contributed by atoms with van der Waals surface area (Å²) in [5.74, 6) is 0.531. The molecule has 2 rings (SSSR count). The monoisotopic (exact) mass is 261 g/mol. The molecular weight excluding hydrogens is 238 g/mol. The highest BCUT2D eigenvalue weighted by Crippen LogP contribution is 2.25. The first-order valence-electron chi connectivity index (χ1n) is 7.23. The zero-order valence-electron chi connectivity index (χ0n) is 11.9. The molecule has 1 aliphatic carbocycles. The van der Waals surface area contributed by atoms with Crippen LogP contribution >= 0.6 is 0 Å². The molecule has 0 saturated heterocycles. The second-order valence-electron chi connectivity index (χ2n) is 5.16. The fraction of sp³-hybridized carbons (Fsp3) is 0.600. The van der Waals surface area contributed by atoms with Gasteiger partial charge in [0.05, 0.1) is 0 Å². The van der Waals surface area contributed by atoms with E-state index in [2.05, 4.69) is 4.98 Å². The normalized spacial score (nSPS) is 15.7. The molecule has 0 aliphatic heterocycles. The molecule has 1 saturated carbocycles. The van der Waals surface area contributed by atoms with Crippen molar-refractivity contribution in [2.24, 2.45) is 0 Å². The largest absolute Gasteiger partial charge is 0.384 e. The van der Waals surface area contributed by atoms with Crippen molar-refractivity contribution in [1.82, 2.24) is 9.88 Å². The van der Waals surface area contributed by atoms with Crippen molar-refractivity contribution in [3.8, 4) is 0 Å². The molecule has 1 heterocycles. The number of hydrogen-bond acceptors (Lipinski definition) is 3. The molecule has 0 radical (unpaired) electrons. The summed E-state index contributed by atoms with van der Waals surface area (Å²) in [6.45, 7) is 4.82. The lowest BCUT2D eigenvalue weighted by atomic mass is 10.1. The van der Waals surface area contributed by atoms with Crippen molar-refractivity contribution in [1.29, 1.82) is 0 Å². The van der Waals surface area contributed by atoms with E-state index in [9.17, 15) is 4.79 Å². The number of aryl methyl sites for hydroxylation is 1. The minimum atomic E-state index is 0.0956. The van der Waals surface area contributed by atoms with Crippen molar-refractivity contribution in [3.63, 3.8) is 0 Å². The van der Waals surface area contributed by atoms with E-state index in [4.69, 9.17) is 5.73 Å². The highest BCUT2D eigenvalue weighted by Gasteiger charge is 2.26. The van der Waals surface area contributed by atoms with Crippen LogP contribution in [-0.2, 0) is 6.42 Å². The summed E-state index contributed by atoms with van der Waals surface area (Å²) in [6.07, 6.45) is 5.50. The Kier molecular flexibility index (Phi) is 4.40. The minimum absolute atomic E-state index is 0.0956. The third-order valence-corrected chi connectivity index (χ3v) is 3.87. The average Bonchev–Trinajstić information content (AvgIpc) is 2.92. The first-order chi connectivity index (χ1) is 9.15. The molecule has 2 N–H and O–H groups in total. The van der Waals surface area contributed by atoms with E-state index < -0.39 is 0 Å². The average molecular weight is 261 g/mol. The van der Waals surface area contributed by atoms with Gasteiger partial charge in [0.1, 0.15) is 5.82 Å². The van der Waals surface area contributed by atoms with Crippen molar-refractivity contribution in [3.05, 3.63) is 23.4 Å². The SMILES string of the molecule is CCc1cc(C(=O)N(CC)C2CCCC2)cc(N)n1. The van der Waals surface area contributed by atoms with E-state index in [0.717, 1.165) is 31.5 Å². The zero-order chi connectivity index (χ0) is 13.8. The van der Waals surface area contributed by atoms with E-state index >= 15 is 0 Å². The molecule has 0 spiro atoms. The lowest BCUT2D eigenvalue weighted by Gasteiger charge is -2.28. The summed E-state index contributed by atoms with van der Waals surface area (Å²) in [5.41, 5.74) is 7.35. The predicted octanol–water partition coefficient (Wildman–Crippen LogP) is 2.63. The van der Waals surface area contributed by atoms with Gasteiger partial charge in [0.15, 0.2) is 0 Å². The quantitative estimate of drug-likeness (QED) is 0.906. The molecule has 0 aromatic carbocycles. The fourth-order valence-corrected chi connectivity index (χ4v) is 2.86. The van der Waals surface area contributed by atoms with Gasteiger partial charge in [0, 0.05) is 23.8 Å². The Morgan fingerprint density at radius 2 is 2.05 bits per heavy atom. The van der Waals surface area contributed by atoms with Crippen LogP contribution in [0.15, 0.2) is 12.1 Å². The molecule has 1 aromatic heterocycles. The van der Waals surface area contributed by atoms with Crippen molar-refractivity contribution in [2.45, 2.75) is 52.0 Å². The van der Waals surface area contributed by atoms with Gasteiger partial charge in [-0.25, -0.2) is 4.98 Å². The Morgan fingerprint density at radius 1 is 1.37 bits per heavy atom.